The molecule has 1 unspecified atom stereocenters. The lowest BCUT2D eigenvalue weighted by molar-refractivity contribution is 0.593. The van der Waals surface area contributed by atoms with Crippen LogP contribution in [0, 0.1) is 0 Å². The van der Waals surface area contributed by atoms with Gasteiger partial charge in [0, 0.05) is 61.6 Å². The van der Waals surface area contributed by atoms with Crippen molar-refractivity contribution in [3.05, 3.63) is 152 Å². The molecule has 9 nitrogen and oxygen atoms in total. The average molecular weight is 689 g/mol. The molecule has 0 bridgehead atoms. The maximum Gasteiger partial charge on any atom is 0.242 e. The number of fused-ring (bicyclic) bond motifs is 9. The quantitative estimate of drug-likeness (QED) is 0.176. The molecule has 1 aliphatic rings. The average Bonchev–Trinajstić information content (AvgIpc) is 3.83. The van der Waals surface area contributed by atoms with Gasteiger partial charge in [-0.05, 0) is 53.6 Å². The second-order valence-corrected chi connectivity index (χ2v) is 15.4. The molecule has 0 fully saturated rings. The van der Waals surface area contributed by atoms with Gasteiger partial charge in [0.15, 0.2) is 13.0 Å². The number of hydrogen-bond acceptors (Lipinski definition) is 7. The fourth-order valence-corrected chi connectivity index (χ4v) is 11.1. The van der Waals surface area contributed by atoms with Gasteiger partial charge >= 0.3 is 0 Å². The van der Waals surface area contributed by atoms with E-state index in [0.717, 1.165) is 48.8 Å². The van der Waals surface area contributed by atoms with Crippen LogP contribution in [0.3, 0.4) is 0 Å². The molecule has 10 heteroatoms. The van der Waals surface area contributed by atoms with Crippen molar-refractivity contribution in [2.75, 3.05) is 0 Å². The van der Waals surface area contributed by atoms with Crippen LogP contribution in [0.2, 0.25) is 0 Å². The summed E-state index contributed by atoms with van der Waals surface area (Å²) in [5.74, 6) is 1.08. The van der Waals surface area contributed by atoms with E-state index >= 15 is 4.57 Å². The first kappa shape index (κ1) is 29.0. The van der Waals surface area contributed by atoms with Gasteiger partial charge in [-0.25, -0.2) is 19.5 Å². The molecule has 0 amide bonds. The zero-order valence-corrected chi connectivity index (χ0v) is 28.3. The minimum atomic E-state index is -3.36. The summed E-state index contributed by atoms with van der Waals surface area (Å²) in [7, 11) is -3.36. The lowest BCUT2D eigenvalue weighted by atomic mass is 10.0. The molecule has 0 radical (unpaired) electrons. The topological polar surface area (TPSA) is 104 Å². The Bertz CT molecular complexity index is 2890. The largest absolute Gasteiger partial charge is 0.309 e. The molecule has 4 aromatic carbocycles. The number of rotatable bonds is 4. The Morgan fingerprint density at radius 2 is 0.981 bits per heavy atom. The van der Waals surface area contributed by atoms with Gasteiger partial charge < -0.3 is 4.57 Å². The first-order valence-electron chi connectivity index (χ1n) is 16.9. The van der Waals surface area contributed by atoms with Gasteiger partial charge in [-0.1, -0.05) is 91.0 Å². The van der Waals surface area contributed by atoms with E-state index in [2.05, 4.69) is 12.1 Å². The SMILES string of the molecule is O=P1(c2ccccc2)c2ccccc2-c2cccc(-c3nc(-n4c5ccccc5c5cccnc54)nc(-n4c5ncccc5c5cccnc54)n3)c21. The summed E-state index contributed by atoms with van der Waals surface area (Å²) in [5, 5.41) is 6.13. The van der Waals surface area contributed by atoms with Crippen LogP contribution in [0.1, 0.15) is 0 Å². The van der Waals surface area contributed by atoms with Crippen LogP contribution in [-0.4, -0.2) is 39.0 Å². The first-order chi connectivity index (χ1) is 25.7. The summed E-state index contributed by atoms with van der Waals surface area (Å²) in [6, 6.07) is 43.7. The van der Waals surface area contributed by atoms with Crippen LogP contribution in [-0.2, 0) is 4.57 Å². The second kappa shape index (κ2) is 10.8. The third-order valence-electron chi connectivity index (χ3n) is 9.98. The van der Waals surface area contributed by atoms with Gasteiger partial charge in [0.25, 0.3) is 0 Å². The Morgan fingerprint density at radius 3 is 1.71 bits per heavy atom. The molecular formula is C42H25N8OP. The Hall–Kier alpha value is -6.83. The Balaban J connectivity index is 1.28. The molecular weight excluding hydrogens is 663 g/mol. The van der Waals surface area contributed by atoms with E-state index in [1.165, 1.54) is 0 Å². The van der Waals surface area contributed by atoms with Crippen LogP contribution in [0.5, 0.6) is 0 Å². The molecule has 10 aromatic rings. The monoisotopic (exact) mass is 688 g/mol. The van der Waals surface area contributed by atoms with Crippen molar-refractivity contribution in [3.8, 4) is 34.4 Å². The predicted octanol–water partition coefficient (Wildman–Crippen LogP) is 7.54. The highest BCUT2D eigenvalue weighted by molar-refractivity contribution is 7.86. The minimum Gasteiger partial charge on any atom is -0.309 e. The van der Waals surface area contributed by atoms with Gasteiger partial charge in [0.2, 0.25) is 11.9 Å². The summed E-state index contributed by atoms with van der Waals surface area (Å²) >= 11 is 0. The van der Waals surface area contributed by atoms with Crippen LogP contribution in [0.15, 0.2) is 152 Å². The Labute approximate surface area is 296 Å². The zero-order valence-electron chi connectivity index (χ0n) is 27.4. The maximum atomic E-state index is 15.9. The predicted molar refractivity (Wildman–Crippen MR) is 206 cm³/mol. The van der Waals surface area contributed by atoms with E-state index in [9.17, 15) is 0 Å². The number of hydrogen-bond donors (Lipinski definition) is 0. The summed E-state index contributed by atoms with van der Waals surface area (Å²) in [6.45, 7) is 0. The van der Waals surface area contributed by atoms with E-state index in [1.54, 1.807) is 18.6 Å². The van der Waals surface area contributed by atoms with Crippen LogP contribution < -0.4 is 15.9 Å². The minimum absolute atomic E-state index is 0.335. The van der Waals surface area contributed by atoms with Crippen molar-refractivity contribution in [2.45, 2.75) is 0 Å². The molecule has 7 heterocycles. The van der Waals surface area contributed by atoms with E-state index in [-0.39, 0.29) is 0 Å². The van der Waals surface area contributed by atoms with Gasteiger partial charge in [-0.15, -0.1) is 0 Å². The van der Waals surface area contributed by atoms with E-state index < -0.39 is 7.14 Å². The number of pyridine rings is 3. The second-order valence-electron chi connectivity index (χ2n) is 12.7. The van der Waals surface area contributed by atoms with E-state index in [1.807, 2.05) is 130 Å². The molecule has 0 N–H and O–H groups in total. The molecule has 1 aliphatic heterocycles. The molecule has 0 aliphatic carbocycles. The highest BCUT2D eigenvalue weighted by Gasteiger charge is 2.42. The summed E-state index contributed by atoms with van der Waals surface area (Å²) in [4.78, 5) is 30.1. The number of benzene rings is 4. The maximum absolute atomic E-state index is 15.9. The molecule has 52 heavy (non-hydrogen) atoms. The van der Waals surface area contributed by atoms with Gasteiger partial charge in [0.1, 0.15) is 16.9 Å². The van der Waals surface area contributed by atoms with Crippen molar-refractivity contribution in [3.63, 3.8) is 0 Å². The van der Waals surface area contributed by atoms with E-state index in [4.69, 9.17) is 29.9 Å². The van der Waals surface area contributed by atoms with Crippen molar-refractivity contribution in [1.29, 1.82) is 0 Å². The fourth-order valence-electron chi connectivity index (χ4n) is 7.82. The lowest BCUT2D eigenvalue weighted by Crippen LogP contribution is -2.23. The molecule has 6 aromatic heterocycles. The molecule has 1 atom stereocenters. The zero-order chi connectivity index (χ0) is 34.4. The third-order valence-corrected chi connectivity index (χ3v) is 13.2. The first-order valence-corrected chi connectivity index (χ1v) is 18.6. The lowest BCUT2D eigenvalue weighted by Gasteiger charge is -2.19. The number of para-hydroxylation sites is 1. The van der Waals surface area contributed by atoms with Crippen molar-refractivity contribution in [1.82, 2.24) is 39.0 Å². The molecule has 11 rings (SSSR count). The Morgan fingerprint density at radius 1 is 0.442 bits per heavy atom. The normalized spacial score (nSPS) is 15.1. The summed E-state index contributed by atoms with van der Waals surface area (Å²) in [6.07, 6.45) is 5.29. The number of aromatic nitrogens is 8. The van der Waals surface area contributed by atoms with Crippen LogP contribution in [0.25, 0.3) is 78.4 Å². The standard InChI is InChI=1S/C42H25N8OP/c51-52(26-12-2-1-3-13-26)35-22-7-5-15-28(35)29-16-8-17-33(36(29)52)37-46-41(49-34-21-6-4-14-27(34)30-18-9-23-43-38(30)49)48-42(47-37)50-39-31(19-10-24-44-39)32-20-11-25-45-40(32)50/h1-25H. The third kappa shape index (κ3) is 3.91. The van der Waals surface area contributed by atoms with Crippen molar-refractivity contribution >= 4 is 67.1 Å². The summed E-state index contributed by atoms with van der Waals surface area (Å²) in [5.41, 5.74) is 5.47. The summed E-state index contributed by atoms with van der Waals surface area (Å²) < 4.78 is 19.7. The van der Waals surface area contributed by atoms with Crippen molar-refractivity contribution in [2.24, 2.45) is 0 Å². The molecule has 0 spiro atoms. The van der Waals surface area contributed by atoms with Gasteiger partial charge in [-0.2, -0.15) is 15.0 Å². The van der Waals surface area contributed by atoms with Gasteiger partial charge in [0.05, 0.1) is 5.52 Å². The smallest absolute Gasteiger partial charge is 0.242 e. The highest BCUT2D eigenvalue weighted by Crippen LogP contribution is 2.54. The molecule has 0 saturated carbocycles. The Kier molecular flexibility index (Phi) is 6.03. The number of nitrogens with zero attached hydrogens (tertiary/aromatic N) is 8. The van der Waals surface area contributed by atoms with Crippen LogP contribution >= 0.6 is 7.14 Å². The highest BCUT2D eigenvalue weighted by atomic mass is 31.2. The molecule has 0 saturated heterocycles. The van der Waals surface area contributed by atoms with Gasteiger partial charge in [-0.3, -0.25) is 4.57 Å². The van der Waals surface area contributed by atoms with Crippen LogP contribution in [0.4, 0.5) is 0 Å². The van der Waals surface area contributed by atoms with E-state index in [0.29, 0.717) is 45.5 Å². The molecule has 244 valence electrons. The fraction of sp³-hybridized carbons (Fsp3) is 0. The van der Waals surface area contributed by atoms with Crippen molar-refractivity contribution < 1.29 is 4.57 Å².